The van der Waals surface area contributed by atoms with Gasteiger partial charge >= 0.3 is 0 Å². The molecule has 0 unspecified atom stereocenters. The number of nitrogens with one attached hydrogen (secondary N) is 1. The van der Waals surface area contributed by atoms with E-state index in [1.807, 2.05) is 6.07 Å². The quantitative estimate of drug-likeness (QED) is 0.706. The zero-order valence-corrected chi connectivity index (χ0v) is 18.8. The zero-order valence-electron chi connectivity index (χ0n) is 17.3. The molecule has 1 saturated carbocycles. The highest BCUT2D eigenvalue weighted by molar-refractivity contribution is 6.42. The van der Waals surface area contributed by atoms with Crippen LogP contribution in [0.5, 0.6) is 0 Å². The van der Waals surface area contributed by atoms with Crippen LogP contribution in [0.1, 0.15) is 46.0 Å². The third-order valence-electron chi connectivity index (χ3n) is 6.08. The van der Waals surface area contributed by atoms with Crippen molar-refractivity contribution in [1.82, 2.24) is 15.2 Å². The van der Waals surface area contributed by atoms with Gasteiger partial charge in [0.05, 0.1) is 10.0 Å². The summed E-state index contributed by atoms with van der Waals surface area (Å²) in [4.78, 5) is 21.1. The summed E-state index contributed by atoms with van der Waals surface area (Å²) < 4.78 is 0. The summed E-state index contributed by atoms with van der Waals surface area (Å²) in [6.45, 7) is 8.13. The summed E-state index contributed by atoms with van der Waals surface area (Å²) in [6.07, 6.45) is 7.11. The van der Waals surface area contributed by atoms with E-state index in [4.69, 9.17) is 23.2 Å². The maximum absolute atomic E-state index is 11.9. The number of aromatic nitrogens is 1. The number of hydrogen-bond acceptors (Lipinski definition) is 5. The van der Waals surface area contributed by atoms with Crippen LogP contribution in [0, 0.1) is 5.92 Å². The average Bonchev–Trinajstić information content (AvgIpc) is 2.69. The summed E-state index contributed by atoms with van der Waals surface area (Å²) in [7, 11) is 0. The van der Waals surface area contributed by atoms with E-state index < -0.39 is 5.60 Å². The third-order valence-corrected chi connectivity index (χ3v) is 6.79. The summed E-state index contributed by atoms with van der Waals surface area (Å²) in [6, 6.07) is 2.04. The molecule has 6 nitrogen and oxygen atoms in total. The average molecular weight is 443 g/mol. The Bertz CT molecular complexity index is 694. The molecule has 1 aliphatic heterocycles. The maximum Gasteiger partial charge on any atom is 0.251 e. The third kappa shape index (κ3) is 6.45. The number of carbonyl (C=O) groups excluding carboxylic acids is 1. The fourth-order valence-electron chi connectivity index (χ4n) is 4.10. The Morgan fingerprint density at radius 1 is 1.17 bits per heavy atom. The van der Waals surface area contributed by atoms with E-state index in [1.54, 1.807) is 6.20 Å². The van der Waals surface area contributed by atoms with Crippen molar-refractivity contribution < 1.29 is 9.90 Å². The number of halogens is 2. The van der Waals surface area contributed by atoms with Crippen molar-refractivity contribution in [3.05, 3.63) is 22.3 Å². The van der Waals surface area contributed by atoms with E-state index in [0.29, 0.717) is 10.0 Å². The highest BCUT2D eigenvalue weighted by Crippen LogP contribution is 2.28. The van der Waals surface area contributed by atoms with E-state index in [0.717, 1.165) is 70.1 Å². The van der Waals surface area contributed by atoms with Crippen LogP contribution in [-0.4, -0.2) is 65.3 Å². The lowest BCUT2D eigenvalue weighted by molar-refractivity contribution is -0.137. The van der Waals surface area contributed by atoms with E-state index in [-0.39, 0.29) is 11.9 Å². The van der Waals surface area contributed by atoms with Gasteiger partial charge in [-0.1, -0.05) is 23.2 Å². The number of amides is 1. The maximum atomic E-state index is 11.9. The van der Waals surface area contributed by atoms with E-state index >= 15 is 0 Å². The molecule has 1 amide bonds. The van der Waals surface area contributed by atoms with Crippen LogP contribution in [0.2, 0.25) is 10.0 Å². The fourth-order valence-corrected chi connectivity index (χ4v) is 4.35. The molecule has 1 aromatic heterocycles. The molecule has 2 N–H and O–H groups in total. The van der Waals surface area contributed by atoms with Crippen molar-refractivity contribution in [3.8, 4) is 0 Å². The van der Waals surface area contributed by atoms with Gasteiger partial charge in [-0.2, -0.15) is 0 Å². The molecule has 0 aromatic carbocycles. The molecule has 0 bridgehead atoms. The minimum atomic E-state index is -1.30. The van der Waals surface area contributed by atoms with Crippen LogP contribution in [0.25, 0.3) is 0 Å². The Morgan fingerprint density at radius 2 is 1.83 bits per heavy atom. The van der Waals surface area contributed by atoms with Gasteiger partial charge in [0.25, 0.3) is 5.91 Å². The van der Waals surface area contributed by atoms with Gasteiger partial charge in [-0.15, -0.1) is 0 Å². The molecule has 2 fully saturated rings. The summed E-state index contributed by atoms with van der Waals surface area (Å²) in [5.74, 6) is 1.35. The second kappa shape index (κ2) is 9.82. The number of hydrogen-bond donors (Lipinski definition) is 2. The predicted molar refractivity (Wildman–Crippen MR) is 118 cm³/mol. The number of rotatable bonds is 6. The highest BCUT2D eigenvalue weighted by atomic mass is 35.5. The van der Waals surface area contributed by atoms with Crippen LogP contribution >= 0.6 is 23.2 Å². The molecule has 2 aliphatic rings. The molecule has 8 heteroatoms. The molecule has 1 aliphatic carbocycles. The van der Waals surface area contributed by atoms with Crippen molar-refractivity contribution >= 4 is 34.9 Å². The molecule has 1 aromatic rings. The normalized spacial score (nSPS) is 23.8. The minimum absolute atomic E-state index is 0.201. The molecule has 2 heterocycles. The lowest BCUT2D eigenvalue weighted by atomic mass is 9.83. The SMILES string of the molecule is CC(C)(O)C(=O)NC1CCC(CCN2CCN(c3cc(Cl)c(Cl)cn3)CC2)CC1. The van der Waals surface area contributed by atoms with Gasteiger partial charge in [0.1, 0.15) is 11.4 Å². The van der Waals surface area contributed by atoms with Gasteiger partial charge in [0.15, 0.2) is 0 Å². The minimum Gasteiger partial charge on any atom is -0.381 e. The zero-order chi connectivity index (χ0) is 21.0. The lowest BCUT2D eigenvalue weighted by Gasteiger charge is -2.37. The van der Waals surface area contributed by atoms with Gasteiger partial charge < -0.3 is 15.3 Å². The first-order chi connectivity index (χ1) is 13.7. The summed E-state index contributed by atoms with van der Waals surface area (Å²) in [5.41, 5.74) is -1.30. The van der Waals surface area contributed by atoms with Crippen LogP contribution in [-0.2, 0) is 4.79 Å². The molecular formula is C21H32Cl2N4O2. The smallest absolute Gasteiger partial charge is 0.251 e. The molecule has 1 saturated heterocycles. The Kier molecular flexibility index (Phi) is 7.65. The van der Waals surface area contributed by atoms with Gasteiger partial charge in [-0.05, 0) is 58.4 Å². The van der Waals surface area contributed by atoms with Crippen molar-refractivity contribution in [2.45, 2.75) is 57.6 Å². The number of pyridine rings is 1. The Morgan fingerprint density at radius 3 is 2.41 bits per heavy atom. The monoisotopic (exact) mass is 442 g/mol. The number of aliphatic hydroxyl groups is 1. The Labute approximate surface area is 183 Å². The second-order valence-corrected chi connectivity index (χ2v) is 9.64. The Hall–Kier alpha value is -1.08. The van der Waals surface area contributed by atoms with Gasteiger partial charge in [0, 0.05) is 44.5 Å². The standard InChI is InChI=1S/C21H32Cl2N4O2/c1-21(2,29)20(28)25-16-5-3-15(4-6-16)7-8-26-9-11-27(12-10-26)19-13-17(22)18(23)14-24-19/h13-16,29H,3-12H2,1-2H3,(H,25,28). The first-order valence-electron chi connectivity index (χ1n) is 10.5. The van der Waals surface area contributed by atoms with Crippen LogP contribution in [0.3, 0.4) is 0 Å². The molecule has 3 rings (SSSR count). The van der Waals surface area contributed by atoms with Crippen LogP contribution in [0.4, 0.5) is 5.82 Å². The van der Waals surface area contributed by atoms with Gasteiger partial charge in [-0.25, -0.2) is 4.98 Å². The molecule has 162 valence electrons. The molecular weight excluding hydrogens is 411 g/mol. The first-order valence-corrected chi connectivity index (χ1v) is 11.3. The number of piperazine rings is 1. The highest BCUT2D eigenvalue weighted by Gasteiger charge is 2.29. The summed E-state index contributed by atoms with van der Waals surface area (Å²) in [5, 5.41) is 13.8. The topological polar surface area (TPSA) is 68.7 Å². The fraction of sp³-hybridized carbons (Fsp3) is 0.714. The first kappa shape index (κ1) is 22.6. The van der Waals surface area contributed by atoms with Crippen molar-refractivity contribution in [1.29, 1.82) is 0 Å². The lowest BCUT2D eigenvalue weighted by Crippen LogP contribution is -2.48. The molecule has 0 atom stereocenters. The van der Waals surface area contributed by atoms with Crippen molar-refractivity contribution in [2.24, 2.45) is 5.92 Å². The van der Waals surface area contributed by atoms with Crippen LogP contribution in [0.15, 0.2) is 12.3 Å². The number of nitrogens with zero attached hydrogens (tertiary/aromatic N) is 3. The van der Waals surface area contributed by atoms with Crippen molar-refractivity contribution in [2.75, 3.05) is 37.6 Å². The second-order valence-electron chi connectivity index (χ2n) is 8.82. The van der Waals surface area contributed by atoms with E-state index in [2.05, 4.69) is 20.1 Å². The largest absolute Gasteiger partial charge is 0.381 e. The number of anilines is 1. The van der Waals surface area contributed by atoms with E-state index in [9.17, 15) is 9.90 Å². The molecule has 0 radical (unpaired) electrons. The summed E-state index contributed by atoms with van der Waals surface area (Å²) >= 11 is 12.1. The van der Waals surface area contributed by atoms with Gasteiger partial charge in [-0.3, -0.25) is 9.69 Å². The predicted octanol–water partition coefficient (Wildman–Crippen LogP) is 3.35. The number of carbonyl (C=O) groups is 1. The van der Waals surface area contributed by atoms with Crippen LogP contribution < -0.4 is 10.2 Å². The van der Waals surface area contributed by atoms with Gasteiger partial charge in [0.2, 0.25) is 0 Å². The van der Waals surface area contributed by atoms with E-state index in [1.165, 1.54) is 20.3 Å². The van der Waals surface area contributed by atoms with Crippen molar-refractivity contribution in [3.63, 3.8) is 0 Å². The molecule has 29 heavy (non-hydrogen) atoms. The molecule has 0 spiro atoms. The Balaban J connectivity index is 1.35.